The second-order valence-corrected chi connectivity index (χ2v) is 4.22. The maximum Gasteiger partial charge on any atom is 0.224 e. The minimum absolute atomic E-state index is 0.0736. The number of hydrogen-bond donors (Lipinski definition) is 0. The summed E-state index contributed by atoms with van der Waals surface area (Å²) in [5, 5.41) is 4.16. The molecule has 0 aliphatic carbocycles. The topological polar surface area (TPSA) is 38.1 Å². The molecule has 0 bridgehead atoms. The molecule has 1 saturated heterocycles. The maximum absolute atomic E-state index is 11.7. The molecule has 0 saturated carbocycles. The van der Waals surface area contributed by atoms with Gasteiger partial charge in [0, 0.05) is 43.7 Å². The zero-order valence-electron chi connectivity index (χ0n) is 9.60. The smallest absolute Gasteiger partial charge is 0.224 e. The summed E-state index contributed by atoms with van der Waals surface area (Å²) in [5.41, 5.74) is 2.19. The fourth-order valence-electron chi connectivity index (χ4n) is 1.94. The van der Waals surface area contributed by atoms with Crippen molar-refractivity contribution in [3.63, 3.8) is 0 Å². The fourth-order valence-corrected chi connectivity index (χ4v) is 1.94. The van der Waals surface area contributed by atoms with Gasteiger partial charge in [-0.05, 0) is 6.92 Å². The third kappa shape index (κ3) is 1.81. The molecule has 0 N–H and O–H groups in total. The first kappa shape index (κ1) is 10.7. The third-order valence-electron chi connectivity index (χ3n) is 3.15. The Labute approximate surface area is 95.2 Å². The van der Waals surface area contributed by atoms with E-state index in [2.05, 4.69) is 11.0 Å². The van der Waals surface area contributed by atoms with Crippen molar-refractivity contribution in [3.05, 3.63) is 17.5 Å². The number of amides is 1. The number of rotatable bonds is 2. The maximum atomic E-state index is 11.7. The van der Waals surface area contributed by atoms with Crippen molar-refractivity contribution in [3.8, 4) is 12.3 Å². The summed E-state index contributed by atoms with van der Waals surface area (Å²) in [5.74, 6) is 2.86. The summed E-state index contributed by atoms with van der Waals surface area (Å²) in [6, 6.07) is 0. The van der Waals surface area contributed by atoms with Gasteiger partial charge >= 0.3 is 0 Å². The predicted octanol–water partition coefficient (Wildman–Crippen LogP) is 0.710. The van der Waals surface area contributed by atoms with Crippen molar-refractivity contribution < 1.29 is 4.79 Å². The van der Waals surface area contributed by atoms with Crippen LogP contribution in [0.4, 0.5) is 0 Å². The zero-order chi connectivity index (χ0) is 11.7. The summed E-state index contributed by atoms with van der Waals surface area (Å²) in [4.78, 5) is 13.5. The molecule has 1 aliphatic heterocycles. The minimum atomic E-state index is 0.0736. The van der Waals surface area contributed by atoms with Crippen LogP contribution in [-0.2, 0) is 18.4 Å². The van der Waals surface area contributed by atoms with Crippen LogP contribution in [0.2, 0.25) is 0 Å². The summed E-state index contributed by atoms with van der Waals surface area (Å²) in [7, 11) is 1.90. The quantitative estimate of drug-likeness (QED) is 0.684. The van der Waals surface area contributed by atoms with E-state index in [9.17, 15) is 4.79 Å². The van der Waals surface area contributed by atoms with Gasteiger partial charge in [0.25, 0.3) is 0 Å². The van der Waals surface area contributed by atoms with Crippen LogP contribution in [0.15, 0.2) is 6.20 Å². The van der Waals surface area contributed by atoms with E-state index in [1.54, 1.807) is 0 Å². The molecule has 4 heteroatoms. The van der Waals surface area contributed by atoms with E-state index in [4.69, 9.17) is 6.42 Å². The van der Waals surface area contributed by atoms with Crippen molar-refractivity contribution in [1.82, 2.24) is 14.7 Å². The number of nitrogens with zero attached hydrogens (tertiary/aromatic N) is 3. The number of carbonyl (C=O) groups is 1. The van der Waals surface area contributed by atoms with Crippen LogP contribution in [-0.4, -0.2) is 27.1 Å². The third-order valence-corrected chi connectivity index (χ3v) is 3.15. The van der Waals surface area contributed by atoms with Gasteiger partial charge in [0.2, 0.25) is 5.91 Å². The molecule has 2 heterocycles. The molecule has 0 radical (unpaired) electrons. The van der Waals surface area contributed by atoms with Gasteiger partial charge in [-0.3, -0.25) is 9.48 Å². The summed E-state index contributed by atoms with van der Waals surface area (Å²) >= 11 is 0. The molecule has 2 rings (SSSR count). The Kier molecular flexibility index (Phi) is 2.69. The minimum Gasteiger partial charge on any atom is -0.337 e. The molecular formula is C12H15N3O. The molecule has 1 unspecified atom stereocenters. The van der Waals surface area contributed by atoms with E-state index in [1.165, 1.54) is 0 Å². The van der Waals surface area contributed by atoms with Crippen molar-refractivity contribution in [2.45, 2.75) is 19.9 Å². The molecule has 16 heavy (non-hydrogen) atoms. The highest BCUT2D eigenvalue weighted by molar-refractivity contribution is 5.79. The van der Waals surface area contributed by atoms with Crippen LogP contribution < -0.4 is 0 Å². The van der Waals surface area contributed by atoms with Gasteiger partial charge in [-0.15, -0.1) is 12.3 Å². The number of terminal acetylenes is 1. The van der Waals surface area contributed by atoms with E-state index >= 15 is 0 Å². The van der Waals surface area contributed by atoms with E-state index < -0.39 is 0 Å². The van der Waals surface area contributed by atoms with Gasteiger partial charge in [-0.25, -0.2) is 0 Å². The van der Waals surface area contributed by atoms with Gasteiger partial charge in [-0.2, -0.15) is 5.10 Å². The molecule has 84 valence electrons. The summed E-state index contributed by atoms with van der Waals surface area (Å²) < 4.78 is 1.81. The Bertz CT molecular complexity index is 455. The lowest BCUT2D eigenvalue weighted by atomic mass is 10.1. The highest BCUT2D eigenvalue weighted by atomic mass is 16.2. The van der Waals surface area contributed by atoms with Gasteiger partial charge in [0.05, 0.1) is 6.20 Å². The molecule has 0 aromatic carbocycles. The molecule has 1 aromatic heterocycles. The highest BCUT2D eigenvalue weighted by Crippen LogP contribution is 2.20. The van der Waals surface area contributed by atoms with E-state index in [0.717, 1.165) is 11.3 Å². The van der Waals surface area contributed by atoms with Crippen LogP contribution in [0.3, 0.4) is 0 Å². The Hall–Kier alpha value is -1.76. The number of likely N-dealkylation sites (tertiary alicyclic amines) is 1. The SMILES string of the molecule is C#CC1CC(=O)N(Cc2cnn(C)c2C)C1. The molecule has 1 amide bonds. The first-order chi connectivity index (χ1) is 7.61. The first-order valence-corrected chi connectivity index (χ1v) is 5.33. The number of hydrogen-bond acceptors (Lipinski definition) is 2. The van der Waals surface area contributed by atoms with E-state index in [-0.39, 0.29) is 11.8 Å². The zero-order valence-corrected chi connectivity index (χ0v) is 9.60. The lowest BCUT2D eigenvalue weighted by Crippen LogP contribution is -2.24. The average Bonchev–Trinajstić information content (AvgIpc) is 2.77. The standard InChI is InChI=1S/C12H15N3O/c1-4-10-5-12(16)15(7-10)8-11-6-13-14(3)9(11)2/h1,6,10H,5,7-8H2,2-3H3. The Morgan fingerprint density at radius 3 is 2.94 bits per heavy atom. The molecule has 1 aliphatic rings. The van der Waals surface area contributed by atoms with Crippen LogP contribution in [0.1, 0.15) is 17.7 Å². The summed E-state index contributed by atoms with van der Waals surface area (Å²) in [6.45, 7) is 3.29. The van der Waals surface area contributed by atoms with Crippen molar-refractivity contribution in [2.24, 2.45) is 13.0 Å². The van der Waals surface area contributed by atoms with Crippen LogP contribution in [0.5, 0.6) is 0 Å². The van der Waals surface area contributed by atoms with Crippen molar-refractivity contribution in [1.29, 1.82) is 0 Å². The number of carbonyl (C=O) groups excluding carboxylic acids is 1. The first-order valence-electron chi connectivity index (χ1n) is 5.33. The normalized spacial score (nSPS) is 20.2. The monoisotopic (exact) mass is 217 g/mol. The largest absolute Gasteiger partial charge is 0.337 e. The lowest BCUT2D eigenvalue weighted by molar-refractivity contribution is -0.128. The van der Waals surface area contributed by atoms with Gasteiger partial charge < -0.3 is 4.90 Å². The van der Waals surface area contributed by atoms with Gasteiger partial charge in [0.15, 0.2) is 0 Å². The lowest BCUT2D eigenvalue weighted by Gasteiger charge is -2.15. The van der Waals surface area contributed by atoms with Crippen LogP contribution >= 0.6 is 0 Å². The predicted molar refractivity (Wildman–Crippen MR) is 60.3 cm³/mol. The molecular weight excluding hydrogens is 202 g/mol. The van der Waals surface area contributed by atoms with Gasteiger partial charge in [0.1, 0.15) is 0 Å². The Morgan fingerprint density at radius 2 is 2.44 bits per heavy atom. The second kappa shape index (κ2) is 4.01. The van der Waals surface area contributed by atoms with Gasteiger partial charge in [-0.1, -0.05) is 0 Å². The number of aromatic nitrogens is 2. The molecule has 0 spiro atoms. The summed E-state index contributed by atoms with van der Waals surface area (Å²) in [6.07, 6.45) is 7.63. The molecule has 1 aromatic rings. The van der Waals surface area contributed by atoms with Crippen LogP contribution in [0.25, 0.3) is 0 Å². The average molecular weight is 217 g/mol. The number of aryl methyl sites for hydroxylation is 1. The van der Waals surface area contributed by atoms with Crippen LogP contribution in [0, 0.1) is 25.2 Å². The Balaban J connectivity index is 2.09. The van der Waals surface area contributed by atoms with Crippen molar-refractivity contribution in [2.75, 3.05) is 6.54 Å². The van der Waals surface area contributed by atoms with E-state index in [1.807, 2.05) is 29.7 Å². The molecule has 1 fully saturated rings. The molecule has 1 atom stereocenters. The van der Waals surface area contributed by atoms with Crippen molar-refractivity contribution >= 4 is 5.91 Å². The Morgan fingerprint density at radius 1 is 1.69 bits per heavy atom. The second-order valence-electron chi connectivity index (χ2n) is 4.22. The fraction of sp³-hybridized carbons (Fsp3) is 0.500. The van der Waals surface area contributed by atoms with E-state index in [0.29, 0.717) is 19.5 Å². The highest BCUT2D eigenvalue weighted by Gasteiger charge is 2.28. The molecule has 4 nitrogen and oxygen atoms in total.